The third kappa shape index (κ3) is 2.70. The van der Waals surface area contributed by atoms with Crippen LogP contribution in [0.5, 0.6) is 5.75 Å². The van der Waals surface area contributed by atoms with Gasteiger partial charge in [0.05, 0.1) is 0 Å². The summed E-state index contributed by atoms with van der Waals surface area (Å²) >= 11 is 0. The van der Waals surface area contributed by atoms with Gasteiger partial charge in [0.1, 0.15) is 5.75 Å². The van der Waals surface area contributed by atoms with Crippen molar-refractivity contribution in [3.63, 3.8) is 0 Å². The normalized spacial score (nSPS) is 12.9. The first kappa shape index (κ1) is 12.9. The van der Waals surface area contributed by atoms with Crippen LogP contribution in [0.1, 0.15) is 10.1 Å². The van der Waals surface area contributed by atoms with Gasteiger partial charge in [-0.15, -0.1) is 0 Å². The number of hydrogen-bond acceptors (Lipinski definition) is 5. The van der Waals surface area contributed by atoms with Crippen molar-refractivity contribution in [3.05, 3.63) is 29.8 Å². The average Bonchev–Trinajstić information content (AvgIpc) is 2.03. The zero-order valence-electron chi connectivity index (χ0n) is 7.68. The molecule has 16 heavy (non-hydrogen) atoms. The predicted octanol–water partition coefficient (Wildman–Crippen LogP) is 0.166. The number of aromatic hydroxyl groups is 1. The molecular weight excluding hydrogens is 260 g/mol. The maximum atomic E-state index is 10.8. The fraction of sp³-hybridized carbons (Fsp3) is 0.143. The smallest absolute Gasteiger partial charge is 0.289 e. The Hall–Kier alpha value is -1.16. The van der Waals surface area contributed by atoms with E-state index in [2.05, 4.69) is 0 Å². The maximum Gasteiger partial charge on any atom is 0.289 e. The van der Waals surface area contributed by atoms with Crippen LogP contribution in [0.15, 0.2) is 24.3 Å². The zero-order valence-corrected chi connectivity index (χ0v) is 9.31. The molecule has 1 aromatic carbocycles. The largest absolute Gasteiger partial charge is 0.508 e. The molecular formula is C7H8O7S2. The molecule has 0 fully saturated rings. The number of hydrogen-bond donors (Lipinski definition) is 3. The van der Waals surface area contributed by atoms with Gasteiger partial charge in [-0.3, -0.25) is 9.11 Å². The van der Waals surface area contributed by atoms with Crippen LogP contribution in [0.25, 0.3) is 0 Å². The van der Waals surface area contributed by atoms with Crippen LogP contribution >= 0.6 is 0 Å². The molecule has 3 N–H and O–H groups in total. The summed E-state index contributed by atoms with van der Waals surface area (Å²) in [5, 5.41) is 9.26. The first-order valence-corrected chi connectivity index (χ1v) is 6.85. The predicted molar refractivity (Wildman–Crippen MR) is 53.9 cm³/mol. The molecule has 0 saturated heterocycles. The van der Waals surface area contributed by atoms with Crippen molar-refractivity contribution >= 4 is 20.2 Å². The maximum absolute atomic E-state index is 10.8. The molecule has 0 bridgehead atoms. The van der Waals surface area contributed by atoms with Gasteiger partial charge in [-0.1, -0.05) is 18.2 Å². The number of benzene rings is 1. The van der Waals surface area contributed by atoms with Crippen LogP contribution in [0.3, 0.4) is 0 Å². The van der Waals surface area contributed by atoms with Gasteiger partial charge in [0.2, 0.25) is 4.58 Å². The lowest BCUT2D eigenvalue weighted by Crippen LogP contribution is -2.21. The van der Waals surface area contributed by atoms with E-state index < -0.39 is 36.1 Å². The third-order valence-electron chi connectivity index (χ3n) is 1.73. The summed E-state index contributed by atoms with van der Waals surface area (Å²) in [6.07, 6.45) is 0. The minimum Gasteiger partial charge on any atom is -0.508 e. The SMILES string of the molecule is O=S(=O)(O)C(c1ccccc1O)S(=O)(=O)O. The van der Waals surface area contributed by atoms with Crippen LogP contribution < -0.4 is 0 Å². The monoisotopic (exact) mass is 268 g/mol. The Bertz CT molecular complexity index is 555. The van der Waals surface area contributed by atoms with Gasteiger partial charge in [-0.25, -0.2) is 0 Å². The van der Waals surface area contributed by atoms with E-state index in [1.807, 2.05) is 0 Å². The first-order chi connectivity index (χ1) is 7.14. The molecule has 0 saturated carbocycles. The van der Waals surface area contributed by atoms with Crippen molar-refractivity contribution in [2.45, 2.75) is 4.58 Å². The summed E-state index contributed by atoms with van der Waals surface area (Å²) in [6.45, 7) is 0. The van der Waals surface area contributed by atoms with Gasteiger partial charge in [0.15, 0.2) is 0 Å². The second-order valence-corrected chi connectivity index (χ2v) is 6.22. The summed E-state index contributed by atoms with van der Waals surface area (Å²) < 4.78 is 58.2. The van der Waals surface area contributed by atoms with Crippen LogP contribution in [-0.4, -0.2) is 31.0 Å². The lowest BCUT2D eigenvalue weighted by molar-refractivity contribution is 0.443. The quantitative estimate of drug-likeness (QED) is 0.666. The Morgan fingerprint density at radius 1 is 0.938 bits per heavy atom. The summed E-state index contributed by atoms with van der Waals surface area (Å²) in [4.78, 5) is 0. The van der Waals surface area contributed by atoms with Crippen LogP contribution in [0.4, 0.5) is 0 Å². The standard InChI is InChI=1S/C7H8O7S2/c8-6-4-2-1-3-5(6)7(15(9,10)11)16(12,13)14/h1-4,7-8H,(H,9,10,11)(H,12,13,14). The fourth-order valence-corrected chi connectivity index (χ4v) is 3.43. The van der Waals surface area contributed by atoms with Gasteiger partial charge >= 0.3 is 0 Å². The Labute approximate surface area is 91.8 Å². The van der Waals surface area contributed by atoms with Gasteiger partial charge in [0, 0.05) is 5.56 Å². The van der Waals surface area contributed by atoms with Gasteiger partial charge in [0.25, 0.3) is 20.2 Å². The van der Waals surface area contributed by atoms with Crippen molar-refractivity contribution in [2.24, 2.45) is 0 Å². The lowest BCUT2D eigenvalue weighted by atomic mass is 10.2. The molecule has 0 aliphatic carbocycles. The van der Waals surface area contributed by atoms with Crippen molar-refractivity contribution < 1.29 is 31.0 Å². The zero-order chi connectivity index (χ0) is 12.6. The second-order valence-electron chi connectivity index (χ2n) is 2.92. The molecule has 90 valence electrons. The van der Waals surface area contributed by atoms with Crippen LogP contribution in [-0.2, 0) is 20.2 Å². The molecule has 0 radical (unpaired) electrons. The molecule has 0 aromatic heterocycles. The molecule has 0 unspecified atom stereocenters. The van der Waals surface area contributed by atoms with E-state index in [-0.39, 0.29) is 0 Å². The average molecular weight is 268 g/mol. The van der Waals surface area contributed by atoms with E-state index >= 15 is 0 Å². The number of phenolic OH excluding ortho intramolecular Hbond substituents is 1. The van der Waals surface area contributed by atoms with Gasteiger partial charge in [-0.05, 0) is 6.07 Å². The van der Waals surface area contributed by atoms with E-state index in [0.29, 0.717) is 0 Å². The minimum absolute atomic E-state index is 0.618. The van der Waals surface area contributed by atoms with E-state index in [0.717, 1.165) is 12.1 Å². The molecule has 0 amide bonds. The van der Waals surface area contributed by atoms with E-state index in [1.165, 1.54) is 12.1 Å². The van der Waals surface area contributed by atoms with Gasteiger partial charge in [-0.2, -0.15) is 16.8 Å². The first-order valence-electron chi connectivity index (χ1n) is 3.84. The number of phenols is 1. The highest BCUT2D eigenvalue weighted by Crippen LogP contribution is 2.32. The lowest BCUT2D eigenvalue weighted by Gasteiger charge is -2.12. The van der Waals surface area contributed by atoms with Crippen molar-refractivity contribution in [1.82, 2.24) is 0 Å². The minimum atomic E-state index is -5.10. The Balaban J connectivity index is 3.54. The fourth-order valence-electron chi connectivity index (χ4n) is 1.16. The highest BCUT2D eigenvalue weighted by Gasteiger charge is 2.38. The molecule has 0 heterocycles. The Kier molecular flexibility index (Phi) is 3.24. The topological polar surface area (TPSA) is 129 Å². The molecule has 1 rings (SSSR count). The second kappa shape index (κ2) is 4.01. The Morgan fingerprint density at radius 2 is 1.38 bits per heavy atom. The Morgan fingerprint density at radius 3 is 1.75 bits per heavy atom. The molecule has 0 aliphatic heterocycles. The third-order valence-corrected chi connectivity index (χ3v) is 4.78. The molecule has 0 spiro atoms. The summed E-state index contributed by atoms with van der Waals surface area (Å²) in [6, 6.07) is 4.56. The van der Waals surface area contributed by atoms with Crippen molar-refractivity contribution in [1.29, 1.82) is 0 Å². The number of rotatable bonds is 3. The molecule has 9 heteroatoms. The van der Waals surface area contributed by atoms with Crippen molar-refractivity contribution in [3.8, 4) is 5.75 Å². The molecule has 0 aliphatic rings. The van der Waals surface area contributed by atoms with Crippen LogP contribution in [0.2, 0.25) is 0 Å². The van der Waals surface area contributed by atoms with E-state index in [1.54, 1.807) is 0 Å². The molecule has 1 aromatic rings. The van der Waals surface area contributed by atoms with Gasteiger partial charge < -0.3 is 5.11 Å². The summed E-state index contributed by atoms with van der Waals surface area (Å²) in [7, 11) is -10.2. The summed E-state index contributed by atoms with van der Waals surface area (Å²) in [5.74, 6) is -0.664. The highest BCUT2D eigenvalue weighted by molar-refractivity contribution is 8.03. The number of para-hydroxylation sites is 1. The van der Waals surface area contributed by atoms with E-state index in [9.17, 15) is 21.9 Å². The van der Waals surface area contributed by atoms with Crippen molar-refractivity contribution in [2.75, 3.05) is 0 Å². The van der Waals surface area contributed by atoms with Crippen LogP contribution in [0, 0.1) is 0 Å². The summed E-state index contributed by atoms with van der Waals surface area (Å²) in [5.41, 5.74) is -0.618. The molecule has 0 atom stereocenters. The molecule has 7 nitrogen and oxygen atoms in total. The van der Waals surface area contributed by atoms with E-state index in [4.69, 9.17) is 9.11 Å². The highest BCUT2D eigenvalue weighted by atomic mass is 32.3.